The van der Waals surface area contributed by atoms with Crippen LogP contribution in [0.2, 0.25) is 0 Å². The number of hydrogen-bond donors (Lipinski definition) is 1. The molecule has 1 heterocycles. The third-order valence-corrected chi connectivity index (χ3v) is 3.86. The smallest absolute Gasteiger partial charge is 0.152 e. The Bertz CT molecular complexity index is 756. The van der Waals surface area contributed by atoms with Crippen LogP contribution in [0.15, 0.2) is 46.9 Å². The highest BCUT2D eigenvalue weighted by molar-refractivity contribution is 9.10. The Morgan fingerprint density at radius 3 is 2.53 bits per heavy atom. The van der Waals surface area contributed by atoms with Crippen LogP contribution in [0.25, 0.3) is 22.2 Å². The third-order valence-electron chi connectivity index (χ3n) is 3.33. The largest absolute Gasteiger partial charge is 0.354 e. The van der Waals surface area contributed by atoms with Crippen molar-refractivity contribution in [1.29, 1.82) is 0 Å². The molecule has 0 bridgehead atoms. The highest BCUT2D eigenvalue weighted by Crippen LogP contribution is 2.31. The van der Waals surface area contributed by atoms with Gasteiger partial charge in [0.1, 0.15) is 0 Å². The number of hydrogen-bond acceptors (Lipinski definition) is 1. The van der Waals surface area contributed by atoms with Crippen LogP contribution in [0, 0.1) is 6.92 Å². The van der Waals surface area contributed by atoms with Gasteiger partial charge in [-0.1, -0.05) is 46.3 Å². The number of aldehydes is 1. The van der Waals surface area contributed by atoms with Gasteiger partial charge in [-0.25, -0.2) is 0 Å². The number of rotatable bonds is 2. The molecule has 0 atom stereocenters. The Hall–Kier alpha value is -1.87. The minimum Gasteiger partial charge on any atom is -0.354 e. The van der Waals surface area contributed by atoms with Crippen LogP contribution < -0.4 is 0 Å². The average Bonchev–Trinajstić information content (AvgIpc) is 2.79. The van der Waals surface area contributed by atoms with E-state index in [9.17, 15) is 4.79 Å². The van der Waals surface area contributed by atoms with Gasteiger partial charge in [0, 0.05) is 20.9 Å². The van der Waals surface area contributed by atoms with Crippen LogP contribution in [0.4, 0.5) is 0 Å². The first-order chi connectivity index (χ1) is 9.20. The minimum absolute atomic E-state index is 0.723. The SMILES string of the molecule is Cc1cccc2c(C=O)c(-c3ccc(Br)cc3)[nH]c12. The molecule has 0 aliphatic carbocycles. The second kappa shape index (κ2) is 4.67. The predicted molar refractivity (Wildman–Crippen MR) is 81.6 cm³/mol. The molecule has 0 spiro atoms. The summed E-state index contributed by atoms with van der Waals surface area (Å²) in [4.78, 5) is 14.8. The van der Waals surface area contributed by atoms with Crippen LogP contribution in [0.3, 0.4) is 0 Å². The number of carbonyl (C=O) groups excluding carboxylic acids is 1. The highest BCUT2D eigenvalue weighted by atomic mass is 79.9. The second-order valence-corrected chi connectivity index (χ2v) is 5.45. The van der Waals surface area contributed by atoms with E-state index in [4.69, 9.17) is 0 Å². The standard InChI is InChI=1S/C16H12BrNO/c1-10-3-2-4-13-14(9-19)16(18-15(10)13)11-5-7-12(17)8-6-11/h2-9,18H,1H3. The molecule has 0 fully saturated rings. The minimum atomic E-state index is 0.723. The first-order valence-electron chi connectivity index (χ1n) is 6.03. The molecule has 1 N–H and O–H groups in total. The van der Waals surface area contributed by atoms with Gasteiger partial charge in [-0.15, -0.1) is 0 Å². The van der Waals surface area contributed by atoms with Gasteiger partial charge in [-0.2, -0.15) is 0 Å². The van der Waals surface area contributed by atoms with Crippen molar-refractivity contribution in [3.8, 4) is 11.3 Å². The van der Waals surface area contributed by atoms with Crippen LogP contribution in [-0.2, 0) is 0 Å². The maximum absolute atomic E-state index is 11.4. The summed E-state index contributed by atoms with van der Waals surface area (Å²) in [7, 11) is 0. The van der Waals surface area contributed by atoms with Gasteiger partial charge in [0.05, 0.1) is 5.69 Å². The van der Waals surface area contributed by atoms with E-state index in [1.54, 1.807) is 0 Å². The van der Waals surface area contributed by atoms with Crippen molar-refractivity contribution in [2.24, 2.45) is 0 Å². The lowest BCUT2D eigenvalue weighted by Gasteiger charge is -1.99. The van der Waals surface area contributed by atoms with Gasteiger partial charge in [-0.05, 0) is 30.2 Å². The van der Waals surface area contributed by atoms with Gasteiger partial charge >= 0.3 is 0 Å². The monoisotopic (exact) mass is 313 g/mol. The Morgan fingerprint density at radius 1 is 1.11 bits per heavy atom. The number of carbonyl (C=O) groups is 1. The summed E-state index contributed by atoms with van der Waals surface area (Å²) in [6.07, 6.45) is 0.926. The van der Waals surface area contributed by atoms with Crippen molar-refractivity contribution in [2.45, 2.75) is 6.92 Å². The van der Waals surface area contributed by atoms with Gasteiger partial charge in [0.25, 0.3) is 0 Å². The second-order valence-electron chi connectivity index (χ2n) is 4.54. The lowest BCUT2D eigenvalue weighted by molar-refractivity contribution is 0.112. The zero-order chi connectivity index (χ0) is 13.4. The quantitative estimate of drug-likeness (QED) is 0.682. The molecule has 0 saturated heterocycles. The van der Waals surface area contributed by atoms with E-state index in [2.05, 4.69) is 20.9 Å². The van der Waals surface area contributed by atoms with Crippen LogP contribution in [-0.4, -0.2) is 11.3 Å². The van der Waals surface area contributed by atoms with E-state index in [1.165, 1.54) is 0 Å². The molecule has 0 aliphatic heterocycles. The highest BCUT2D eigenvalue weighted by Gasteiger charge is 2.13. The first-order valence-corrected chi connectivity index (χ1v) is 6.82. The number of aromatic nitrogens is 1. The number of halogens is 1. The van der Waals surface area contributed by atoms with Gasteiger partial charge in [0.2, 0.25) is 0 Å². The average molecular weight is 314 g/mol. The van der Waals surface area contributed by atoms with E-state index in [0.29, 0.717) is 0 Å². The Labute approximate surface area is 119 Å². The maximum atomic E-state index is 11.4. The molecule has 3 heteroatoms. The molecular weight excluding hydrogens is 302 g/mol. The van der Waals surface area contributed by atoms with Crippen molar-refractivity contribution in [2.75, 3.05) is 0 Å². The predicted octanol–water partition coefficient (Wildman–Crippen LogP) is 4.72. The fraction of sp³-hybridized carbons (Fsp3) is 0.0625. The van der Waals surface area contributed by atoms with Crippen molar-refractivity contribution < 1.29 is 4.79 Å². The first kappa shape index (κ1) is 12.2. The normalized spacial score (nSPS) is 10.8. The zero-order valence-electron chi connectivity index (χ0n) is 10.4. The van der Waals surface area contributed by atoms with E-state index >= 15 is 0 Å². The topological polar surface area (TPSA) is 32.9 Å². The Morgan fingerprint density at radius 2 is 1.84 bits per heavy atom. The number of para-hydroxylation sites is 1. The molecule has 0 saturated carbocycles. The number of aromatic amines is 1. The van der Waals surface area contributed by atoms with E-state index in [-0.39, 0.29) is 0 Å². The van der Waals surface area contributed by atoms with Gasteiger partial charge in [-0.3, -0.25) is 4.79 Å². The zero-order valence-corrected chi connectivity index (χ0v) is 12.0. The number of fused-ring (bicyclic) bond motifs is 1. The molecular formula is C16H12BrNO. The van der Waals surface area contributed by atoms with E-state index < -0.39 is 0 Å². The number of H-pyrrole nitrogens is 1. The van der Waals surface area contributed by atoms with Crippen LogP contribution in [0.1, 0.15) is 15.9 Å². The molecule has 2 aromatic carbocycles. The maximum Gasteiger partial charge on any atom is 0.152 e. The van der Waals surface area contributed by atoms with Gasteiger partial charge in [0.15, 0.2) is 6.29 Å². The summed E-state index contributed by atoms with van der Waals surface area (Å²) < 4.78 is 1.02. The molecule has 2 nitrogen and oxygen atoms in total. The molecule has 0 aliphatic rings. The summed E-state index contributed by atoms with van der Waals surface area (Å²) in [5, 5.41) is 0.980. The van der Waals surface area contributed by atoms with Crippen molar-refractivity contribution in [3.63, 3.8) is 0 Å². The summed E-state index contributed by atoms with van der Waals surface area (Å²) in [5.41, 5.74) is 4.79. The van der Waals surface area contributed by atoms with Crippen LogP contribution in [0.5, 0.6) is 0 Å². The molecule has 3 aromatic rings. The summed E-state index contributed by atoms with van der Waals surface area (Å²) in [6, 6.07) is 13.9. The van der Waals surface area contributed by atoms with Crippen LogP contribution >= 0.6 is 15.9 Å². The van der Waals surface area contributed by atoms with Crippen molar-refractivity contribution in [3.05, 3.63) is 58.1 Å². The number of nitrogens with one attached hydrogen (secondary N) is 1. The van der Waals surface area contributed by atoms with Crippen molar-refractivity contribution >= 4 is 33.1 Å². The summed E-state index contributed by atoms with van der Waals surface area (Å²) in [6.45, 7) is 2.04. The summed E-state index contributed by atoms with van der Waals surface area (Å²) in [5.74, 6) is 0. The molecule has 19 heavy (non-hydrogen) atoms. The number of benzene rings is 2. The van der Waals surface area contributed by atoms with E-state index in [0.717, 1.165) is 44.0 Å². The van der Waals surface area contributed by atoms with E-state index in [1.807, 2.05) is 49.4 Å². The Kier molecular flexibility index (Phi) is 2.99. The Balaban J connectivity index is 2.32. The summed E-state index contributed by atoms with van der Waals surface area (Å²) >= 11 is 3.42. The van der Waals surface area contributed by atoms with Gasteiger partial charge < -0.3 is 4.98 Å². The third kappa shape index (κ3) is 2.00. The molecule has 0 unspecified atom stereocenters. The lowest BCUT2D eigenvalue weighted by Crippen LogP contribution is -1.84. The molecule has 3 rings (SSSR count). The molecule has 1 aromatic heterocycles. The lowest BCUT2D eigenvalue weighted by atomic mass is 10.1. The molecule has 0 radical (unpaired) electrons. The fourth-order valence-corrected chi connectivity index (χ4v) is 2.62. The molecule has 94 valence electrons. The molecule has 0 amide bonds. The number of aryl methyl sites for hydroxylation is 1. The van der Waals surface area contributed by atoms with Crippen molar-refractivity contribution in [1.82, 2.24) is 4.98 Å². The fourth-order valence-electron chi connectivity index (χ4n) is 2.35.